The molecule has 0 aromatic carbocycles. The molecule has 1 unspecified atom stereocenters. The molecule has 0 amide bonds. The molecule has 0 saturated heterocycles. The summed E-state index contributed by atoms with van der Waals surface area (Å²) in [6.07, 6.45) is -2.16. The molecule has 0 aromatic rings. The maximum absolute atomic E-state index is 11.3. The Balaban J connectivity index is 5.75. The van der Waals surface area contributed by atoms with Crippen molar-refractivity contribution in [3.63, 3.8) is 0 Å². The molecule has 0 aliphatic carbocycles. The van der Waals surface area contributed by atoms with Gasteiger partial charge >= 0.3 is 23.9 Å². The number of rotatable bonds is 7. The molecule has 0 saturated carbocycles. The number of aliphatic carboxylic acids is 3. The van der Waals surface area contributed by atoms with Crippen molar-refractivity contribution in [2.24, 2.45) is 5.41 Å². The zero-order chi connectivity index (χ0) is 15.4. The van der Waals surface area contributed by atoms with E-state index in [-0.39, 0.29) is 12.0 Å². The van der Waals surface area contributed by atoms with Gasteiger partial charge in [-0.25, -0.2) is 4.79 Å². The average Bonchev–Trinajstić information content (AvgIpc) is 2.26. The van der Waals surface area contributed by atoms with Gasteiger partial charge in [0, 0.05) is 5.57 Å². The average molecular weight is 274 g/mol. The topological polar surface area (TPSA) is 138 Å². The minimum absolute atomic E-state index is 0.103. The van der Waals surface area contributed by atoms with Crippen LogP contribution in [0.2, 0.25) is 0 Å². The minimum atomic E-state index is -3.25. The van der Waals surface area contributed by atoms with Crippen LogP contribution in [-0.2, 0) is 23.9 Å². The summed E-state index contributed by atoms with van der Waals surface area (Å²) in [6, 6.07) is 0. The Kier molecular flexibility index (Phi) is 5.23. The van der Waals surface area contributed by atoms with Gasteiger partial charge in [-0.1, -0.05) is 13.5 Å². The first-order valence-corrected chi connectivity index (χ1v) is 5.18. The van der Waals surface area contributed by atoms with Gasteiger partial charge in [-0.3, -0.25) is 14.4 Å². The molecule has 8 heteroatoms. The van der Waals surface area contributed by atoms with Crippen LogP contribution in [0.4, 0.5) is 0 Å². The fraction of sp³-hybridized carbons (Fsp3) is 0.455. The monoisotopic (exact) mass is 274 g/mol. The van der Waals surface area contributed by atoms with Crippen molar-refractivity contribution in [2.45, 2.75) is 26.4 Å². The highest BCUT2D eigenvalue weighted by Gasteiger charge is 2.61. The molecule has 1 atom stereocenters. The maximum Gasteiger partial charge on any atom is 0.336 e. The molecule has 0 radical (unpaired) electrons. The highest BCUT2D eigenvalue weighted by molar-refractivity contribution is 6.17. The fourth-order valence-electron chi connectivity index (χ4n) is 1.40. The SMILES string of the molecule is C=C(C)C(=O)OC(CC)C(C(=O)O)(C(=O)O)C(=O)O. The van der Waals surface area contributed by atoms with Crippen LogP contribution in [0.25, 0.3) is 0 Å². The molecule has 19 heavy (non-hydrogen) atoms. The van der Waals surface area contributed by atoms with Gasteiger partial charge in [0.2, 0.25) is 0 Å². The van der Waals surface area contributed by atoms with Crippen LogP contribution >= 0.6 is 0 Å². The predicted molar refractivity (Wildman–Crippen MR) is 60.3 cm³/mol. The van der Waals surface area contributed by atoms with E-state index in [9.17, 15) is 19.2 Å². The Hall–Kier alpha value is -2.38. The summed E-state index contributed by atoms with van der Waals surface area (Å²) in [4.78, 5) is 44.6. The molecule has 8 nitrogen and oxygen atoms in total. The Morgan fingerprint density at radius 3 is 1.68 bits per heavy atom. The molecule has 0 heterocycles. The lowest BCUT2D eigenvalue weighted by molar-refractivity contribution is -0.189. The van der Waals surface area contributed by atoms with Gasteiger partial charge in [-0.05, 0) is 13.3 Å². The lowest BCUT2D eigenvalue weighted by Crippen LogP contribution is -2.56. The number of carboxylic acids is 3. The third-order valence-corrected chi connectivity index (χ3v) is 2.46. The molecule has 0 fully saturated rings. The van der Waals surface area contributed by atoms with E-state index in [1.54, 1.807) is 0 Å². The van der Waals surface area contributed by atoms with E-state index in [0.29, 0.717) is 0 Å². The van der Waals surface area contributed by atoms with Crippen LogP contribution < -0.4 is 0 Å². The molecule has 106 valence electrons. The summed E-state index contributed by atoms with van der Waals surface area (Å²) < 4.78 is 4.63. The standard InChI is InChI=1S/C11H14O8/c1-4-6(19-7(12)5(2)3)11(8(13)14,9(15)16)10(17)18/h6H,2,4H2,1,3H3,(H,13,14)(H,15,16)(H,17,18). The van der Waals surface area contributed by atoms with Gasteiger partial charge in [0.25, 0.3) is 5.41 Å². The van der Waals surface area contributed by atoms with Crippen LogP contribution in [-0.4, -0.2) is 45.3 Å². The maximum atomic E-state index is 11.3. The Morgan fingerprint density at radius 1 is 1.11 bits per heavy atom. The van der Waals surface area contributed by atoms with Gasteiger partial charge in [0.05, 0.1) is 0 Å². The number of carbonyl (C=O) groups excluding carboxylic acids is 1. The second-order valence-electron chi connectivity index (χ2n) is 3.81. The first-order chi connectivity index (χ1) is 8.62. The molecular formula is C11H14O8. The lowest BCUT2D eigenvalue weighted by Gasteiger charge is -2.28. The van der Waals surface area contributed by atoms with Crippen molar-refractivity contribution >= 4 is 23.9 Å². The highest BCUT2D eigenvalue weighted by Crippen LogP contribution is 2.29. The van der Waals surface area contributed by atoms with Gasteiger partial charge in [0.1, 0.15) is 6.10 Å². The second-order valence-corrected chi connectivity index (χ2v) is 3.81. The van der Waals surface area contributed by atoms with E-state index >= 15 is 0 Å². The summed E-state index contributed by atoms with van der Waals surface area (Å²) in [5, 5.41) is 26.8. The Labute approximate surface area is 108 Å². The number of carbonyl (C=O) groups is 4. The summed E-state index contributed by atoms with van der Waals surface area (Å²) in [6.45, 7) is 5.81. The molecule has 0 spiro atoms. The van der Waals surface area contributed by atoms with Gasteiger partial charge in [-0.2, -0.15) is 0 Å². The molecule has 3 N–H and O–H groups in total. The molecule has 0 rings (SSSR count). The van der Waals surface area contributed by atoms with E-state index in [4.69, 9.17) is 15.3 Å². The smallest absolute Gasteiger partial charge is 0.336 e. The number of carboxylic acid groups (broad SMARTS) is 3. The van der Waals surface area contributed by atoms with Crippen LogP contribution in [0.3, 0.4) is 0 Å². The van der Waals surface area contributed by atoms with Crippen molar-refractivity contribution in [3.05, 3.63) is 12.2 Å². The molecule has 0 aliphatic heterocycles. The Bertz CT molecular complexity index is 400. The van der Waals surface area contributed by atoms with E-state index in [2.05, 4.69) is 11.3 Å². The van der Waals surface area contributed by atoms with Crippen LogP contribution in [0.5, 0.6) is 0 Å². The molecule has 0 aromatic heterocycles. The third kappa shape index (κ3) is 2.90. The Morgan fingerprint density at radius 2 is 1.47 bits per heavy atom. The number of hydrogen-bond donors (Lipinski definition) is 3. The van der Waals surface area contributed by atoms with Crippen molar-refractivity contribution < 1.29 is 39.2 Å². The van der Waals surface area contributed by atoms with Crippen molar-refractivity contribution in [1.29, 1.82) is 0 Å². The second kappa shape index (κ2) is 5.98. The van der Waals surface area contributed by atoms with Gasteiger partial charge in [-0.15, -0.1) is 0 Å². The zero-order valence-corrected chi connectivity index (χ0v) is 10.4. The van der Waals surface area contributed by atoms with Crippen LogP contribution in [0.1, 0.15) is 20.3 Å². The number of ether oxygens (including phenoxy) is 1. The number of esters is 1. The summed E-state index contributed by atoms with van der Waals surface area (Å²) in [5.74, 6) is -7.41. The van der Waals surface area contributed by atoms with Crippen molar-refractivity contribution in [1.82, 2.24) is 0 Å². The molecular weight excluding hydrogens is 260 g/mol. The highest BCUT2D eigenvalue weighted by atomic mass is 16.6. The third-order valence-electron chi connectivity index (χ3n) is 2.46. The lowest BCUT2D eigenvalue weighted by atomic mass is 9.80. The minimum Gasteiger partial charge on any atom is -0.480 e. The fourth-order valence-corrected chi connectivity index (χ4v) is 1.40. The van der Waals surface area contributed by atoms with E-state index in [1.807, 2.05) is 0 Å². The van der Waals surface area contributed by atoms with Crippen LogP contribution in [0, 0.1) is 5.41 Å². The zero-order valence-electron chi connectivity index (χ0n) is 10.4. The first kappa shape index (κ1) is 16.6. The quantitative estimate of drug-likeness (QED) is 0.338. The summed E-state index contributed by atoms with van der Waals surface area (Å²) in [5.41, 5.74) is -3.35. The predicted octanol–water partition coefficient (Wildman–Crippen LogP) is 0.124. The van der Waals surface area contributed by atoms with E-state index in [0.717, 1.165) is 0 Å². The molecule has 0 aliphatic rings. The normalized spacial score (nSPS) is 12.3. The van der Waals surface area contributed by atoms with Crippen LogP contribution in [0.15, 0.2) is 12.2 Å². The first-order valence-electron chi connectivity index (χ1n) is 5.18. The van der Waals surface area contributed by atoms with Gasteiger partial charge < -0.3 is 20.1 Å². The van der Waals surface area contributed by atoms with E-state index in [1.165, 1.54) is 13.8 Å². The molecule has 0 bridgehead atoms. The van der Waals surface area contributed by atoms with Crippen molar-refractivity contribution in [3.8, 4) is 0 Å². The number of hydrogen-bond acceptors (Lipinski definition) is 5. The summed E-state index contributed by atoms with van der Waals surface area (Å²) in [7, 11) is 0. The van der Waals surface area contributed by atoms with E-state index < -0.39 is 35.4 Å². The largest absolute Gasteiger partial charge is 0.480 e. The van der Waals surface area contributed by atoms with Crippen molar-refractivity contribution in [2.75, 3.05) is 0 Å². The summed E-state index contributed by atoms with van der Waals surface area (Å²) >= 11 is 0. The van der Waals surface area contributed by atoms with Gasteiger partial charge in [0.15, 0.2) is 0 Å².